The van der Waals surface area contributed by atoms with Crippen molar-refractivity contribution in [1.29, 1.82) is 0 Å². The number of fused-ring (bicyclic) bond motifs is 2. The molecule has 1 aliphatic rings. The van der Waals surface area contributed by atoms with Crippen LogP contribution in [0.15, 0.2) is 48.5 Å². The van der Waals surface area contributed by atoms with Crippen LogP contribution in [0.2, 0.25) is 0 Å². The van der Waals surface area contributed by atoms with Crippen molar-refractivity contribution in [2.24, 2.45) is 0 Å². The Kier molecular flexibility index (Phi) is 4.29. The van der Waals surface area contributed by atoms with Crippen molar-refractivity contribution in [2.45, 2.75) is 19.3 Å². The minimum Gasteiger partial charge on any atom is -0.478 e. The molecule has 0 radical (unpaired) electrons. The molecule has 1 aliphatic carbocycles. The van der Waals surface area contributed by atoms with Gasteiger partial charge in [0.2, 0.25) is 0 Å². The standard InChI is InChI=1S/C21H16INO2/c22-17-10-3-1-6-13(17)12-14-7-5-9-16-19(21(24)25)15-8-2-4-11-18(15)23-20(14)16/h1-4,6,8,10-12H,5,7,9H2,(H,24,25)/b14-12+. The number of halogens is 1. The lowest BCUT2D eigenvalue weighted by atomic mass is 9.86. The van der Waals surface area contributed by atoms with E-state index >= 15 is 0 Å². The lowest BCUT2D eigenvalue weighted by molar-refractivity contribution is 0.0697. The summed E-state index contributed by atoms with van der Waals surface area (Å²) in [6, 6.07) is 15.7. The summed E-state index contributed by atoms with van der Waals surface area (Å²) in [5.74, 6) is -0.870. The van der Waals surface area contributed by atoms with Gasteiger partial charge in [-0.2, -0.15) is 0 Å². The smallest absolute Gasteiger partial charge is 0.336 e. The van der Waals surface area contributed by atoms with E-state index in [-0.39, 0.29) is 0 Å². The van der Waals surface area contributed by atoms with Crippen LogP contribution < -0.4 is 0 Å². The first-order valence-corrected chi connectivity index (χ1v) is 9.33. The average Bonchev–Trinajstić information content (AvgIpc) is 2.61. The second-order valence-corrected chi connectivity index (χ2v) is 7.34. The van der Waals surface area contributed by atoms with Crippen molar-refractivity contribution < 1.29 is 9.90 Å². The Morgan fingerprint density at radius 1 is 1.08 bits per heavy atom. The van der Waals surface area contributed by atoms with Gasteiger partial charge >= 0.3 is 5.97 Å². The molecule has 0 amide bonds. The Hall–Kier alpha value is -2.21. The number of rotatable bonds is 2. The molecule has 0 spiro atoms. The van der Waals surface area contributed by atoms with Gasteiger partial charge in [-0.3, -0.25) is 0 Å². The minimum atomic E-state index is -0.870. The highest BCUT2D eigenvalue weighted by atomic mass is 127. The number of benzene rings is 2. The number of carboxylic acid groups (broad SMARTS) is 1. The van der Waals surface area contributed by atoms with Gasteiger partial charge in [0.05, 0.1) is 16.8 Å². The molecule has 3 aromatic rings. The quantitative estimate of drug-likeness (QED) is 0.541. The maximum Gasteiger partial charge on any atom is 0.336 e. The van der Waals surface area contributed by atoms with Crippen LogP contribution in [-0.4, -0.2) is 16.1 Å². The second-order valence-electron chi connectivity index (χ2n) is 6.18. The number of carbonyl (C=O) groups is 1. The molecule has 3 nitrogen and oxygen atoms in total. The number of allylic oxidation sites excluding steroid dienone is 1. The van der Waals surface area contributed by atoms with Gasteiger partial charge in [-0.05, 0) is 76.8 Å². The number of hydrogen-bond acceptors (Lipinski definition) is 2. The summed E-state index contributed by atoms with van der Waals surface area (Å²) in [5, 5.41) is 10.5. The lowest BCUT2D eigenvalue weighted by Gasteiger charge is -2.21. The van der Waals surface area contributed by atoms with E-state index in [9.17, 15) is 9.90 Å². The Morgan fingerprint density at radius 2 is 1.84 bits per heavy atom. The Balaban J connectivity index is 1.99. The summed E-state index contributed by atoms with van der Waals surface area (Å²) < 4.78 is 1.18. The summed E-state index contributed by atoms with van der Waals surface area (Å²) in [7, 11) is 0. The van der Waals surface area contributed by atoms with Crippen LogP contribution in [0.25, 0.3) is 22.6 Å². The highest BCUT2D eigenvalue weighted by molar-refractivity contribution is 14.1. The van der Waals surface area contributed by atoms with Gasteiger partial charge in [-0.1, -0.05) is 36.4 Å². The summed E-state index contributed by atoms with van der Waals surface area (Å²) in [6.45, 7) is 0. The van der Waals surface area contributed by atoms with Gasteiger partial charge in [-0.15, -0.1) is 0 Å². The number of aromatic nitrogens is 1. The van der Waals surface area contributed by atoms with E-state index < -0.39 is 5.97 Å². The van der Waals surface area contributed by atoms with Crippen LogP contribution in [0.5, 0.6) is 0 Å². The van der Waals surface area contributed by atoms with Crippen molar-refractivity contribution in [1.82, 2.24) is 4.98 Å². The highest BCUT2D eigenvalue weighted by Crippen LogP contribution is 2.36. The maximum atomic E-state index is 12.0. The SMILES string of the molecule is O=C(O)c1c2c(nc3ccccc13)/C(=C/c1ccccc1I)CCC2. The largest absolute Gasteiger partial charge is 0.478 e. The fourth-order valence-electron chi connectivity index (χ4n) is 3.50. The van der Waals surface area contributed by atoms with E-state index in [1.165, 1.54) is 3.57 Å². The molecule has 0 unspecified atom stereocenters. The fraction of sp³-hybridized carbons (Fsp3) is 0.143. The van der Waals surface area contributed by atoms with E-state index in [0.717, 1.165) is 52.6 Å². The molecule has 4 rings (SSSR count). The topological polar surface area (TPSA) is 50.2 Å². The third kappa shape index (κ3) is 2.95. The van der Waals surface area contributed by atoms with Crippen molar-refractivity contribution in [2.75, 3.05) is 0 Å². The van der Waals surface area contributed by atoms with Crippen molar-refractivity contribution in [3.8, 4) is 0 Å². The molecule has 1 N–H and O–H groups in total. The van der Waals surface area contributed by atoms with Gasteiger partial charge < -0.3 is 5.11 Å². The number of pyridine rings is 1. The number of nitrogens with zero attached hydrogens (tertiary/aromatic N) is 1. The van der Waals surface area contributed by atoms with E-state index in [4.69, 9.17) is 4.98 Å². The van der Waals surface area contributed by atoms with Crippen molar-refractivity contribution in [3.05, 3.63) is 74.5 Å². The van der Waals surface area contributed by atoms with E-state index in [0.29, 0.717) is 5.56 Å². The molecule has 4 heteroatoms. The first-order chi connectivity index (χ1) is 12.1. The Bertz CT molecular complexity index is 1020. The first-order valence-electron chi connectivity index (χ1n) is 8.25. The van der Waals surface area contributed by atoms with Crippen LogP contribution in [0.4, 0.5) is 0 Å². The summed E-state index contributed by atoms with van der Waals surface area (Å²) in [6.07, 6.45) is 4.79. The lowest BCUT2D eigenvalue weighted by Crippen LogP contribution is -2.13. The number of aromatic carboxylic acids is 1. The predicted molar refractivity (Wildman–Crippen MR) is 109 cm³/mol. The zero-order valence-corrected chi connectivity index (χ0v) is 15.7. The minimum absolute atomic E-state index is 0.411. The molecule has 0 aliphatic heterocycles. The molecular weight excluding hydrogens is 425 g/mol. The van der Waals surface area contributed by atoms with Crippen molar-refractivity contribution in [3.63, 3.8) is 0 Å². The fourth-order valence-corrected chi connectivity index (χ4v) is 4.04. The van der Waals surface area contributed by atoms with E-state index in [1.807, 2.05) is 36.4 Å². The normalized spacial score (nSPS) is 15.3. The zero-order chi connectivity index (χ0) is 17.4. The Morgan fingerprint density at radius 3 is 2.64 bits per heavy atom. The number of carboxylic acids is 1. The summed E-state index contributed by atoms with van der Waals surface area (Å²) in [5.41, 5.74) is 5.15. The van der Waals surface area contributed by atoms with Crippen LogP contribution in [0.1, 0.15) is 40.0 Å². The molecule has 25 heavy (non-hydrogen) atoms. The molecule has 0 saturated heterocycles. The summed E-state index contributed by atoms with van der Waals surface area (Å²) in [4.78, 5) is 16.8. The van der Waals surface area contributed by atoms with Gasteiger partial charge in [-0.25, -0.2) is 9.78 Å². The average molecular weight is 441 g/mol. The molecule has 1 aromatic heterocycles. The molecule has 0 atom stereocenters. The van der Waals surface area contributed by atoms with Crippen LogP contribution in [0, 0.1) is 3.57 Å². The first kappa shape index (κ1) is 16.3. The molecular formula is C21H16INO2. The number of hydrogen-bond donors (Lipinski definition) is 1. The van der Waals surface area contributed by atoms with E-state index in [2.05, 4.69) is 40.8 Å². The van der Waals surface area contributed by atoms with Gasteiger partial charge in [0.1, 0.15) is 0 Å². The highest BCUT2D eigenvalue weighted by Gasteiger charge is 2.24. The molecule has 1 heterocycles. The Labute approximate surface area is 159 Å². The molecule has 0 fully saturated rings. The van der Waals surface area contributed by atoms with Gasteiger partial charge in [0.25, 0.3) is 0 Å². The molecule has 2 aromatic carbocycles. The molecule has 0 bridgehead atoms. The molecule has 124 valence electrons. The van der Waals surface area contributed by atoms with Crippen LogP contribution >= 0.6 is 22.6 Å². The van der Waals surface area contributed by atoms with Crippen LogP contribution in [0.3, 0.4) is 0 Å². The van der Waals surface area contributed by atoms with Gasteiger partial charge in [0.15, 0.2) is 0 Å². The second kappa shape index (κ2) is 6.59. The molecule has 0 saturated carbocycles. The van der Waals surface area contributed by atoms with Gasteiger partial charge in [0, 0.05) is 8.96 Å². The third-order valence-corrected chi connectivity index (χ3v) is 5.60. The third-order valence-electron chi connectivity index (χ3n) is 4.62. The zero-order valence-electron chi connectivity index (χ0n) is 13.5. The number of para-hydroxylation sites is 1. The monoisotopic (exact) mass is 441 g/mol. The van der Waals surface area contributed by atoms with E-state index in [1.54, 1.807) is 0 Å². The van der Waals surface area contributed by atoms with Crippen LogP contribution in [-0.2, 0) is 6.42 Å². The van der Waals surface area contributed by atoms with Crippen molar-refractivity contribution >= 4 is 51.1 Å². The summed E-state index contributed by atoms with van der Waals surface area (Å²) >= 11 is 2.33. The predicted octanol–water partition coefficient (Wildman–Crippen LogP) is 5.41. The maximum absolute atomic E-state index is 12.0.